The molecule has 1 fully saturated rings. The van der Waals surface area contributed by atoms with E-state index in [1.807, 2.05) is 20.8 Å². The molecule has 3 N–H and O–H groups in total. The van der Waals surface area contributed by atoms with Gasteiger partial charge in [-0.2, -0.15) is 0 Å². The molecule has 1 amide bonds. The third-order valence-corrected chi connectivity index (χ3v) is 5.93. The maximum absolute atomic E-state index is 12.0. The van der Waals surface area contributed by atoms with Crippen molar-refractivity contribution in [1.29, 1.82) is 0 Å². The summed E-state index contributed by atoms with van der Waals surface area (Å²) in [4.78, 5) is 12.0. The molecule has 1 aliphatic rings. The van der Waals surface area contributed by atoms with Crippen LogP contribution in [0.1, 0.15) is 52.9 Å². The van der Waals surface area contributed by atoms with Gasteiger partial charge in [-0.15, -0.1) is 0 Å². The van der Waals surface area contributed by atoms with Gasteiger partial charge >= 0.3 is 0 Å². The van der Waals surface area contributed by atoms with E-state index in [2.05, 4.69) is 5.32 Å². The van der Waals surface area contributed by atoms with Crippen LogP contribution in [0.3, 0.4) is 0 Å². The van der Waals surface area contributed by atoms with Gasteiger partial charge < -0.3 is 11.1 Å². The Morgan fingerprint density at radius 3 is 2.68 bits per heavy atom. The van der Waals surface area contributed by atoms with Gasteiger partial charge in [0, 0.05) is 27.8 Å². The summed E-state index contributed by atoms with van der Waals surface area (Å²) in [6.45, 7) is 6.00. The van der Waals surface area contributed by atoms with Crippen LogP contribution in [0, 0.1) is 5.92 Å². The number of rotatable bonds is 6. The van der Waals surface area contributed by atoms with Gasteiger partial charge in [0.15, 0.2) is 0 Å². The zero-order chi connectivity index (χ0) is 14.4. The molecule has 0 radical (unpaired) electrons. The predicted molar refractivity (Wildman–Crippen MR) is 80.3 cm³/mol. The third-order valence-electron chi connectivity index (χ3n) is 4.19. The summed E-state index contributed by atoms with van der Waals surface area (Å²) >= 11 is 0. The minimum atomic E-state index is -0.753. The van der Waals surface area contributed by atoms with Crippen molar-refractivity contribution in [1.82, 2.24) is 5.32 Å². The van der Waals surface area contributed by atoms with Gasteiger partial charge in [0.1, 0.15) is 0 Å². The van der Waals surface area contributed by atoms with E-state index >= 15 is 0 Å². The van der Waals surface area contributed by atoms with E-state index in [0.29, 0.717) is 5.75 Å². The Hall–Kier alpha value is -0.420. The Balaban J connectivity index is 2.48. The molecule has 5 atom stereocenters. The molecule has 0 saturated heterocycles. The molecule has 0 heterocycles. The molecule has 1 aliphatic carbocycles. The number of hydrogen-bond donors (Lipinski definition) is 2. The first-order valence-corrected chi connectivity index (χ1v) is 8.80. The summed E-state index contributed by atoms with van der Waals surface area (Å²) in [5.74, 6) is 0.851. The topological polar surface area (TPSA) is 72.2 Å². The highest BCUT2D eigenvalue weighted by atomic mass is 32.2. The molecular weight excluding hydrogens is 260 g/mol. The lowest BCUT2D eigenvalue weighted by atomic mass is 9.93. The van der Waals surface area contributed by atoms with Crippen LogP contribution in [0.5, 0.6) is 0 Å². The van der Waals surface area contributed by atoms with Crippen LogP contribution in [-0.2, 0) is 15.6 Å². The van der Waals surface area contributed by atoms with Gasteiger partial charge in [0.05, 0.1) is 6.04 Å². The number of carbonyl (C=O) groups excluding carboxylic acids is 1. The van der Waals surface area contributed by atoms with Gasteiger partial charge in [-0.25, -0.2) is 0 Å². The first kappa shape index (κ1) is 16.6. The Morgan fingerprint density at radius 2 is 2.11 bits per heavy atom. The molecule has 0 bridgehead atoms. The van der Waals surface area contributed by atoms with Gasteiger partial charge in [0.2, 0.25) is 5.91 Å². The van der Waals surface area contributed by atoms with Crippen molar-refractivity contribution in [2.45, 2.75) is 70.2 Å². The molecule has 5 heteroatoms. The lowest BCUT2D eigenvalue weighted by Gasteiger charge is -2.30. The maximum atomic E-state index is 12.0. The molecule has 0 aromatic carbocycles. The molecule has 19 heavy (non-hydrogen) atoms. The quantitative estimate of drug-likeness (QED) is 0.779. The highest BCUT2D eigenvalue weighted by molar-refractivity contribution is 7.85. The molecule has 112 valence electrons. The van der Waals surface area contributed by atoms with Crippen molar-refractivity contribution in [3.05, 3.63) is 0 Å². The normalized spacial score (nSPS) is 28.4. The van der Waals surface area contributed by atoms with Crippen molar-refractivity contribution >= 4 is 16.7 Å². The van der Waals surface area contributed by atoms with Crippen LogP contribution in [0.25, 0.3) is 0 Å². The minimum absolute atomic E-state index is 0.0534. The smallest absolute Gasteiger partial charge is 0.237 e. The van der Waals surface area contributed by atoms with Crippen molar-refractivity contribution in [3.8, 4) is 0 Å². The Morgan fingerprint density at radius 1 is 1.42 bits per heavy atom. The Kier molecular flexibility index (Phi) is 7.00. The van der Waals surface area contributed by atoms with Crippen molar-refractivity contribution in [3.63, 3.8) is 0 Å². The second-order valence-electron chi connectivity index (χ2n) is 5.57. The fourth-order valence-electron chi connectivity index (χ4n) is 2.56. The van der Waals surface area contributed by atoms with Crippen LogP contribution in [0.2, 0.25) is 0 Å². The minimum Gasteiger partial charge on any atom is -0.352 e. The predicted octanol–water partition coefficient (Wildman–Crippen LogP) is 1.56. The summed E-state index contributed by atoms with van der Waals surface area (Å²) in [5, 5.41) is 3.28. The second-order valence-corrected chi connectivity index (χ2v) is 7.58. The highest BCUT2D eigenvalue weighted by Gasteiger charge is 2.28. The maximum Gasteiger partial charge on any atom is 0.237 e. The second kappa shape index (κ2) is 8.00. The fourth-order valence-corrected chi connectivity index (χ4v) is 3.91. The summed E-state index contributed by atoms with van der Waals surface area (Å²) in [5.41, 5.74) is 5.94. The van der Waals surface area contributed by atoms with E-state index in [4.69, 9.17) is 5.73 Å². The van der Waals surface area contributed by atoms with E-state index in [1.165, 1.54) is 0 Å². The first-order chi connectivity index (χ1) is 8.99. The number of nitrogens with one attached hydrogen (secondary N) is 1. The molecule has 0 aromatic rings. The third kappa shape index (κ3) is 4.88. The molecule has 0 aromatic heterocycles. The van der Waals surface area contributed by atoms with Crippen LogP contribution in [-0.4, -0.2) is 33.2 Å². The molecule has 4 nitrogen and oxygen atoms in total. The van der Waals surface area contributed by atoms with Crippen LogP contribution >= 0.6 is 0 Å². The van der Waals surface area contributed by atoms with Gasteiger partial charge in [-0.3, -0.25) is 9.00 Å². The van der Waals surface area contributed by atoms with Gasteiger partial charge in [-0.05, 0) is 25.2 Å². The number of carbonyl (C=O) groups is 1. The summed E-state index contributed by atoms with van der Waals surface area (Å²) in [7, 11) is -0.753. The average Bonchev–Trinajstić information content (AvgIpc) is 2.44. The monoisotopic (exact) mass is 288 g/mol. The Labute approximate surface area is 119 Å². The highest BCUT2D eigenvalue weighted by Crippen LogP contribution is 2.23. The van der Waals surface area contributed by atoms with Crippen LogP contribution < -0.4 is 11.1 Å². The zero-order valence-electron chi connectivity index (χ0n) is 12.4. The molecule has 1 rings (SSSR count). The average molecular weight is 288 g/mol. The van der Waals surface area contributed by atoms with E-state index in [1.54, 1.807) is 0 Å². The van der Waals surface area contributed by atoms with Gasteiger partial charge in [-0.1, -0.05) is 33.6 Å². The molecule has 1 saturated carbocycles. The van der Waals surface area contributed by atoms with Crippen LogP contribution in [0.15, 0.2) is 0 Å². The summed E-state index contributed by atoms with van der Waals surface area (Å²) in [6, 6.07) is -0.279. The summed E-state index contributed by atoms with van der Waals surface area (Å²) in [6.07, 6.45) is 4.78. The zero-order valence-corrected chi connectivity index (χ0v) is 13.2. The SMILES string of the molecule is CCC(C)C(N)C(=O)NC1CCCC(S(=O)CC)C1. The number of hydrogen-bond acceptors (Lipinski definition) is 3. The lowest BCUT2D eigenvalue weighted by Crippen LogP contribution is -2.50. The van der Waals surface area contributed by atoms with Crippen molar-refractivity contribution in [2.75, 3.05) is 5.75 Å². The number of amides is 1. The van der Waals surface area contributed by atoms with Crippen molar-refractivity contribution < 1.29 is 9.00 Å². The van der Waals surface area contributed by atoms with E-state index in [-0.39, 0.29) is 23.1 Å². The van der Waals surface area contributed by atoms with E-state index < -0.39 is 16.8 Å². The largest absolute Gasteiger partial charge is 0.352 e. The molecule has 5 unspecified atom stereocenters. The van der Waals surface area contributed by atoms with E-state index in [0.717, 1.165) is 32.1 Å². The van der Waals surface area contributed by atoms with Gasteiger partial charge in [0.25, 0.3) is 0 Å². The lowest BCUT2D eigenvalue weighted by molar-refractivity contribution is -0.124. The van der Waals surface area contributed by atoms with Crippen LogP contribution in [0.4, 0.5) is 0 Å². The first-order valence-electron chi connectivity index (χ1n) is 7.42. The molecular formula is C14H28N2O2S. The number of nitrogens with two attached hydrogens (primary N) is 1. The standard InChI is InChI=1S/C14H28N2O2S/c1-4-10(3)13(15)14(17)16-11-7-6-8-12(9-11)19(18)5-2/h10-13H,4-9,15H2,1-3H3,(H,16,17). The summed E-state index contributed by atoms with van der Waals surface area (Å²) < 4.78 is 11.9. The van der Waals surface area contributed by atoms with Crippen molar-refractivity contribution in [2.24, 2.45) is 11.7 Å². The molecule has 0 spiro atoms. The molecule has 0 aliphatic heterocycles. The Bertz CT molecular complexity index is 323. The van der Waals surface area contributed by atoms with E-state index in [9.17, 15) is 9.00 Å². The fraction of sp³-hybridized carbons (Fsp3) is 0.929.